The minimum absolute atomic E-state index is 0.778. The molecule has 2 N–H and O–H groups in total. The Bertz CT molecular complexity index is 264. The molecule has 0 unspecified atom stereocenters. The lowest BCUT2D eigenvalue weighted by Crippen LogP contribution is -2.13. The van der Waals surface area contributed by atoms with E-state index in [1.54, 1.807) is 13.4 Å². The van der Waals surface area contributed by atoms with Gasteiger partial charge < -0.3 is 10.6 Å². The van der Waals surface area contributed by atoms with Crippen LogP contribution in [0.1, 0.15) is 13.8 Å². The number of hydrogen-bond donors (Lipinski definition) is 1. The predicted octanol–water partition coefficient (Wildman–Crippen LogP) is 2.39. The molecule has 14 heavy (non-hydrogen) atoms. The second-order valence-corrected chi connectivity index (χ2v) is 2.58. The Morgan fingerprint density at radius 2 is 1.71 bits per heavy atom. The van der Waals surface area contributed by atoms with Gasteiger partial charge in [-0.3, -0.25) is 4.99 Å². The maximum atomic E-state index is 5.55. The molecule has 1 rings (SSSR count). The third kappa shape index (κ3) is 3.94. The zero-order valence-corrected chi connectivity index (χ0v) is 9.36. The average Bonchev–Trinajstić information content (AvgIpc) is 2.22. The molecule has 0 aliphatic carbocycles. The van der Waals surface area contributed by atoms with Crippen LogP contribution in [0.15, 0.2) is 29.3 Å². The van der Waals surface area contributed by atoms with Crippen molar-refractivity contribution in [1.29, 1.82) is 0 Å². The van der Waals surface area contributed by atoms with E-state index in [0.717, 1.165) is 11.4 Å². The van der Waals surface area contributed by atoms with Gasteiger partial charge in [-0.2, -0.15) is 0 Å². The minimum atomic E-state index is 0.778. The molecule has 0 atom stereocenters. The zero-order chi connectivity index (χ0) is 11.0. The van der Waals surface area contributed by atoms with Gasteiger partial charge in [0.2, 0.25) is 0 Å². The third-order valence-electron chi connectivity index (χ3n) is 1.59. The van der Waals surface area contributed by atoms with Crippen molar-refractivity contribution >= 4 is 17.7 Å². The third-order valence-corrected chi connectivity index (χ3v) is 1.59. The fourth-order valence-corrected chi connectivity index (χ4v) is 0.949. The fourth-order valence-electron chi connectivity index (χ4n) is 0.949. The number of nitrogen functional groups attached to an aromatic ring is 1. The van der Waals surface area contributed by atoms with Crippen LogP contribution in [0.2, 0.25) is 0 Å². The number of nitrogens with zero attached hydrogens (tertiary/aromatic N) is 2. The van der Waals surface area contributed by atoms with Crippen molar-refractivity contribution in [3.05, 3.63) is 24.3 Å². The van der Waals surface area contributed by atoms with Crippen molar-refractivity contribution in [2.45, 2.75) is 13.8 Å². The van der Waals surface area contributed by atoms with Gasteiger partial charge >= 0.3 is 0 Å². The number of nitrogens with two attached hydrogens (primary N) is 1. The van der Waals surface area contributed by atoms with E-state index < -0.39 is 0 Å². The number of rotatable bonds is 2. The van der Waals surface area contributed by atoms with Crippen LogP contribution in [0.25, 0.3) is 0 Å². The van der Waals surface area contributed by atoms with Crippen molar-refractivity contribution in [3.63, 3.8) is 0 Å². The van der Waals surface area contributed by atoms with Crippen molar-refractivity contribution in [2.75, 3.05) is 24.7 Å². The summed E-state index contributed by atoms with van der Waals surface area (Å²) in [6.45, 7) is 4.00. The highest BCUT2D eigenvalue weighted by Crippen LogP contribution is 2.12. The van der Waals surface area contributed by atoms with Crippen LogP contribution in [0.5, 0.6) is 0 Å². The molecule has 0 amide bonds. The summed E-state index contributed by atoms with van der Waals surface area (Å²) in [6, 6.07) is 7.65. The molecule has 3 heteroatoms. The van der Waals surface area contributed by atoms with Crippen molar-refractivity contribution in [1.82, 2.24) is 0 Å². The second-order valence-electron chi connectivity index (χ2n) is 2.58. The first-order chi connectivity index (χ1) is 6.74. The summed E-state index contributed by atoms with van der Waals surface area (Å²) in [5.41, 5.74) is 7.41. The number of hydrogen-bond acceptors (Lipinski definition) is 2. The number of aliphatic imine (C=N–C) groups is 1. The molecular formula is C11H19N3. The first kappa shape index (κ1) is 12.5. The highest BCUT2D eigenvalue weighted by Gasteiger charge is 1.94. The van der Waals surface area contributed by atoms with Crippen LogP contribution in [0.4, 0.5) is 11.4 Å². The van der Waals surface area contributed by atoms with Crippen LogP contribution in [-0.4, -0.2) is 20.4 Å². The van der Waals surface area contributed by atoms with Gasteiger partial charge in [0.15, 0.2) is 0 Å². The average molecular weight is 193 g/mol. The van der Waals surface area contributed by atoms with Crippen LogP contribution in [0, 0.1) is 0 Å². The fraction of sp³-hybridized carbons (Fsp3) is 0.364. The lowest BCUT2D eigenvalue weighted by molar-refractivity contribution is 1.27. The predicted molar refractivity (Wildman–Crippen MR) is 65.0 cm³/mol. The quantitative estimate of drug-likeness (QED) is 0.445. The lowest BCUT2D eigenvalue weighted by Gasteiger charge is -2.12. The van der Waals surface area contributed by atoms with Gasteiger partial charge in [-0.25, -0.2) is 0 Å². The SMILES string of the molecule is CC.CN=CN(C)c1ccc(N)cc1. The van der Waals surface area contributed by atoms with Gasteiger partial charge in [0.1, 0.15) is 0 Å². The van der Waals surface area contributed by atoms with E-state index in [4.69, 9.17) is 5.73 Å². The summed E-state index contributed by atoms with van der Waals surface area (Å²) < 4.78 is 0. The van der Waals surface area contributed by atoms with Gasteiger partial charge in [-0.05, 0) is 24.3 Å². The Morgan fingerprint density at radius 3 is 2.14 bits per heavy atom. The van der Waals surface area contributed by atoms with Gasteiger partial charge in [0.05, 0.1) is 6.34 Å². The molecule has 0 saturated carbocycles. The molecule has 0 radical (unpaired) electrons. The van der Waals surface area contributed by atoms with E-state index in [2.05, 4.69) is 4.99 Å². The highest BCUT2D eigenvalue weighted by atomic mass is 15.1. The molecule has 0 spiro atoms. The Balaban J connectivity index is 0.000000791. The molecule has 78 valence electrons. The first-order valence-corrected chi connectivity index (χ1v) is 4.74. The molecule has 0 bridgehead atoms. The Hall–Kier alpha value is -1.51. The summed E-state index contributed by atoms with van der Waals surface area (Å²) >= 11 is 0. The maximum Gasteiger partial charge on any atom is 0.0888 e. The first-order valence-electron chi connectivity index (χ1n) is 4.74. The zero-order valence-electron chi connectivity index (χ0n) is 9.36. The highest BCUT2D eigenvalue weighted by molar-refractivity contribution is 5.78. The summed E-state index contributed by atoms with van der Waals surface area (Å²) in [5.74, 6) is 0. The molecule has 1 aromatic rings. The molecular weight excluding hydrogens is 174 g/mol. The van der Waals surface area contributed by atoms with Crippen molar-refractivity contribution in [2.24, 2.45) is 4.99 Å². The van der Waals surface area contributed by atoms with Crippen LogP contribution in [0.3, 0.4) is 0 Å². The Morgan fingerprint density at radius 1 is 1.21 bits per heavy atom. The van der Waals surface area contributed by atoms with E-state index in [1.165, 1.54) is 0 Å². The van der Waals surface area contributed by atoms with Gasteiger partial charge in [-0.15, -0.1) is 0 Å². The molecule has 0 saturated heterocycles. The molecule has 0 aliphatic heterocycles. The van der Waals surface area contributed by atoms with E-state index in [1.807, 2.05) is 50.1 Å². The smallest absolute Gasteiger partial charge is 0.0888 e. The van der Waals surface area contributed by atoms with E-state index in [0.29, 0.717) is 0 Å². The molecule has 0 aromatic heterocycles. The molecule has 0 aliphatic rings. The standard InChI is InChI=1S/C9H13N3.C2H6/c1-11-7-12(2)9-5-3-8(10)4-6-9;1-2/h3-7H,10H2,1-2H3;1-2H3. The van der Waals surface area contributed by atoms with Crippen molar-refractivity contribution < 1.29 is 0 Å². The normalized spacial score (nSPS) is 9.43. The van der Waals surface area contributed by atoms with E-state index in [9.17, 15) is 0 Å². The van der Waals surface area contributed by atoms with E-state index in [-0.39, 0.29) is 0 Å². The van der Waals surface area contributed by atoms with Gasteiger partial charge in [0.25, 0.3) is 0 Å². The van der Waals surface area contributed by atoms with Crippen LogP contribution in [-0.2, 0) is 0 Å². The van der Waals surface area contributed by atoms with E-state index >= 15 is 0 Å². The van der Waals surface area contributed by atoms with Gasteiger partial charge in [0, 0.05) is 25.5 Å². The summed E-state index contributed by atoms with van der Waals surface area (Å²) in [5, 5.41) is 0. The second kappa shape index (κ2) is 6.95. The largest absolute Gasteiger partial charge is 0.399 e. The molecule has 3 nitrogen and oxygen atoms in total. The number of anilines is 2. The lowest BCUT2D eigenvalue weighted by atomic mass is 10.3. The molecule has 0 fully saturated rings. The Kier molecular flexibility index (Phi) is 6.20. The number of benzene rings is 1. The molecule has 1 aromatic carbocycles. The molecule has 0 heterocycles. The summed E-state index contributed by atoms with van der Waals surface area (Å²) in [6.07, 6.45) is 1.76. The minimum Gasteiger partial charge on any atom is -0.399 e. The topological polar surface area (TPSA) is 41.6 Å². The van der Waals surface area contributed by atoms with Crippen LogP contribution >= 0.6 is 0 Å². The van der Waals surface area contributed by atoms with Gasteiger partial charge in [-0.1, -0.05) is 13.8 Å². The van der Waals surface area contributed by atoms with Crippen LogP contribution < -0.4 is 10.6 Å². The van der Waals surface area contributed by atoms with Crippen molar-refractivity contribution in [3.8, 4) is 0 Å². The monoisotopic (exact) mass is 193 g/mol. The Labute approximate surface area is 86.3 Å². The maximum absolute atomic E-state index is 5.55. The summed E-state index contributed by atoms with van der Waals surface area (Å²) in [7, 11) is 3.69. The summed E-state index contributed by atoms with van der Waals surface area (Å²) in [4.78, 5) is 5.83.